The van der Waals surface area contributed by atoms with Crippen molar-refractivity contribution in [2.45, 2.75) is 12.2 Å². The van der Waals surface area contributed by atoms with Gasteiger partial charge >= 0.3 is 12.2 Å². The Kier molecular flexibility index (Phi) is 4.65. The van der Waals surface area contributed by atoms with Crippen LogP contribution in [0.4, 0.5) is 29.5 Å². The van der Waals surface area contributed by atoms with Crippen molar-refractivity contribution in [2.75, 3.05) is 23.3 Å². The van der Waals surface area contributed by atoms with Gasteiger partial charge in [0.05, 0.1) is 16.3 Å². The van der Waals surface area contributed by atoms with E-state index in [9.17, 15) is 18.0 Å². The number of alkyl halides is 3. The molecule has 1 saturated heterocycles. The molecule has 10 heteroatoms. The number of benzene rings is 1. The Balaban J connectivity index is 1.20. The van der Waals surface area contributed by atoms with Crippen molar-refractivity contribution in [3.05, 3.63) is 59.5 Å². The summed E-state index contributed by atoms with van der Waals surface area (Å²) in [4.78, 5) is 22.4. The first-order valence-electron chi connectivity index (χ1n) is 9.69. The molecule has 1 aliphatic carbocycles. The van der Waals surface area contributed by atoms with E-state index in [1.165, 1.54) is 0 Å². The summed E-state index contributed by atoms with van der Waals surface area (Å²) in [5.74, 6) is 0.764. The van der Waals surface area contributed by atoms with Gasteiger partial charge in [-0.2, -0.15) is 13.2 Å². The molecule has 6 nitrogen and oxygen atoms in total. The van der Waals surface area contributed by atoms with Gasteiger partial charge in [-0.15, -0.1) is 0 Å². The fourth-order valence-corrected chi connectivity index (χ4v) is 4.56. The van der Waals surface area contributed by atoms with Gasteiger partial charge in [-0.1, -0.05) is 23.7 Å². The molecule has 2 N–H and O–H groups in total. The first-order chi connectivity index (χ1) is 14.8. The Morgan fingerprint density at radius 2 is 1.94 bits per heavy atom. The van der Waals surface area contributed by atoms with E-state index in [0.717, 1.165) is 23.0 Å². The van der Waals surface area contributed by atoms with E-state index in [4.69, 9.17) is 11.6 Å². The summed E-state index contributed by atoms with van der Waals surface area (Å²) in [6, 6.07) is 8.07. The SMILES string of the molecule is O=C(Nc1cccc2cnccc12)NC1C2CN(c3ncc(C(F)(F)F)cc3Cl)CC21. The number of hydrogen-bond donors (Lipinski definition) is 2. The minimum atomic E-state index is -4.48. The summed E-state index contributed by atoms with van der Waals surface area (Å²) in [5.41, 5.74) is -0.170. The third-order valence-electron chi connectivity index (χ3n) is 5.87. The molecule has 2 atom stereocenters. The molecule has 1 aromatic carbocycles. The van der Waals surface area contributed by atoms with Crippen LogP contribution in [-0.2, 0) is 6.18 Å². The fourth-order valence-electron chi connectivity index (χ4n) is 4.27. The van der Waals surface area contributed by atoms with Gasteiger partial charge in [0.25, 0.3) is 0 Å². The number of urea groups is 1. The molecule has 1 saturated carbocycles. The van der Waals surface area contributed by atoms with Crippen molar-refractivity contribution in [3.8, 4) is 0 Å². The van der Waals surface area contributed by atoms with E-state index in [1.807, 2.05) is 29.2 Å². The Labute approximate surface area is 180 Å². The Bertz CT molecular complexity index is 1150. The number of carbonyl (C=O) groups excluding carboxylic acids is 1. The molecule has 0 radical (unpaired) electrons. The number of anilines is 2. The maximum Gasteiger partial charge on any atom is 0.417 e. The molecular formula is C21H17ClF3N5O. The molecule has 0 bridgehead atoms. The van der Waals surface area contributed by atoms with Crippen LogP contribution in [0.1, 0.15) is 5.56 Å². The van der Waals surface area contributed by atoms with Crippen LogP contribution in [0, 0.1) is 11.8 Å². The monoisotopic (exact) mass is 447 g/mol. The van der Waals surface area contributed by atoms with E-state index in [0.29, 0.717) is 24.6 Å². The summed E-state index contributed by atoms with van der Waals surface area (Å²) >= 11 is 6.05. The summed E-state index contributed by atoms with van der Waals surface area (Å²) < 4.78 is 38.4. The van der Waals surface area contributed by atoms with Gasteiger partial charge in [0.2, 0.25) is 0 Å². The molecular weight excluding hydrogens is 431 g/mol. The van der Waals surface area contributed by atoms with Crippen LogP contribution >= 0.6 is 11.6 Å². The second-order valence-electron chi connectivity index (χ2n) is 7.79. The molecule has 2 aromatic heterocycles. The van der Waals surface area contributed by atoms with Crippen molar-refractivity contribution in [2.24, 2.45) is 11.8 Å². The number of rotatable bonds is 3. The predicted octanol–water partition coefficient (Wildman–Crippen LogP) is 4.56. The number of aromatic nitrogens is 2. The lowest BCUT2D eigenvalue weighted by Gasteiger charge is -2.23. The number of piperidine rings is 1. The number of amides is 2. The van der Waals surface area contributed by atoms with E-state index < -0.39 is 11.7 Å². The number of nitrogens with one attached hydrogen (secondary N) is 2. The van der Waals surface area contributed by atoms with Crippen molar-refractivity contribution >= 4 is 39.9 Å². The van der Waals surface area contributed by atoms with Crippen LogP contribution < -0.4 is 15.5 Å². The largest absolute Gasteiger partial charge is 0.417 e. The van der Waals surface area contributed by atoms with Crippen molar-refractivity contribution in [1.82, 2.24) is 15.3 Å². The lowest BCUT2D eigenvalue weighted by atomic mass is 10.1. The summed E-state index contributed by atoms with van der Waals surface area (Å²) in [6.45, 7) is 1.15. The highest BCUT2D eigenvalue weighted by Gasteiger charge is 2.57. The highest BCUT2D eigenvalue weighted by molar-refractivity contribution is 6.33. The number of nitrogens with zero attached hydrogens (tertiary/aromatic N) is 3. The first-order valence-corrected chi connectivity index (χ1v) is 10.1. The Hall–Kier alpha value is -3.07. The molecule has 3 aromatic rings. The number of carbonyl (C=O) groups is 1. The Morgan fingerprint density at radius 3 is 2.65 bits per heavy atom. The molecule has 0 spiro atoms. The van der Waals surface area contributed by atoms with E-state index in [-0.39, 0.29) is 28.9 Å². The highest BCUT2D eigenvalue weighted by Crippen LogP contribution is 2.47. The average molecular weight is 448 g/mol. The van der Waals surface area contributed by atoms with Crippen molar-refractivity contribution in [3.63, 3.8) is 0 Å². The molecule has 31 heavy (non-hydrogen) atoms. The van der Waals surface area contributed by atoms with Gasteiger partial charge < -0.3 is 15.5 Å². The van der Waals surface area contributed by atoms with E-state index in [1.54, 1.807) is 12.4 Å². The van der Waals surface area contributed by atoms with Gasteiger partial charge in [-0.05, 0) is 18.2 Å². The maximum absolute atomic E-state index is 12.8. The molecule has 160 valence electrons. The molecule has 2 aliphatic rings. The second kappa shape index (κ2) is 7.26. The van der Waals surface area contributed by atoms with E-state index in [2.05, 4.69) is 20.6 Å². The van der Waals surface area contributed by atoms with Gasteiger partial charge in [0, 0.05) is 60.3 Å². The summed E-state index contributed by atoms with van der Waals surface area (Å²) in [7, 11) is 0. The van der Waals surface area contributed by atoms with Gasteiger partial charge in [0.1, 0.15) is 5.82 Å². The zero-order valence-corrected chi connectivity index (χ0v) is 16.8. The molecule has 1 aliphatic heterocycles. The third kappa shape index (κ3) is 3.74. The van der Waals surface area contributed by atoms with Crippen molar-refractivity contribution < 1.29 is 18.0 Å². The number of hydrogen-bond acceptors (Lipinski definition) is 4. The molecule has 2 fully saturated rings. The Morgan fingerprint density at radius 1 is 1.16 bits per heavy atom. The predicted molar refractivity (Wildman–Crippen MR) is 111 cm³/mol. The minimum absolute atomic E-state index is 0.0149. The van der Waals surface area contributed by atoms with Crippen LogP contribution in [0.15, 0.2) is 48.9 Å². The normalized spacial score (nSPS) is 22.3. The number of pyridine rings is 2. The molecule has 2 unspecified atom stereocenters. The standard InChI is InChI=1S/C21H17ClF3N5O/c22-16-6-12(21(23,24)25)8-27-19(16)30-9-14-15(10-30)18(14)29-20(31)28-17-3-1-2-11-7-26-5-4-13(11)17/h1-8,14-15,18H,9-10H2,(H2,28,29,31). The zero-order chi connectivity index (χ0) is 21.8. The van der Waals surface area contributed by atoms with Crippen LogP contribution in [0.5, 0.6) is 0 Å². The van der Waals surface area contributed by atoms with Crippen LogP contribution in [0.2, 0.25) is 5.02 Å². The first kappa shape index (κ1) is 19.9. The summed E-state index contributed by atoms with van der Waals surface area (Å²) in [5, 5.41) is 7.68. The summed E-state index contributed by atoms with van der Waals surface area (Å²) in [6.07, 6.45) is -0.274. The molecule has 5 rings (SSSR count). The lowest BCUT2D eigenvalue weighted by Crippen LogP contribution is -2.37. The molecule has 3 heterocycles. The van der Waals surface area contributed by atoms with Gasteiger partial charge in [-0.25, -0.2) is 9.78 Å². The van der Waals surface area contributed by atoms with Gasteiger partial charge in [-0.3, -0.25) is 4.98 Å². The topological polar surface area (TPSA) is 70.2 Å². The highest BCUT2D eigenvalue weighted by atomic mass is 35.5. The number of halogens is 4. The van der Waals surface area contributed by atoms with Crippen molar-refractivity contribution in [1.29, 1.82) is 0 Å². The average Bonchev–Trinajstić information content (AvgIpc) is 3.16. The smallest absolute Gasteiger partial charge is 0.355 e. The van der Waals surface area contributed by atoms with Crippen LogP contribution in [-0.4, -0.2) is 35.1 Å². The van der Waals surface area contributed by atoms with Crippen LogP contribution in [0.25, 0.3) is 10.8 Å². The van der Waals surface area contributed by atoms with Gasteiger partial charge in [0.15, 0.2) is 0 Å². The van der Waals surface area contributed by atoms with E-state index >= 15 is 0 Å². The maximum atomic E-state index is 12.8. The fraction of sp³-hybridized carbons (Fsp3) is 0.286. The minimum Gasteiger partial charge on any atom is -0.355 e. The molecule has 2 amide bonds. The lowest BCUT2D eigenvalue weighted by molar-refractivity contribution is -0.137. The number of fused-ring (bicyclic) bond motifs is 2. The van der Waals surface area contributed by atoms with Crippen LogP contribution in [0.3, 0.4) is 0 Å². The third-order valence-corrected chi connectivity index (χ3v) is 6.15. The zero-order valence-electron chi connectivity index (χ0n) is 16.0. The second-order valence-corrected chi connectivity index (χ2v) is 8.19. The quantitative estimate of drug-likeness (QED) is 0.617.